The molecular formula is C22H22N4O4. The van der Waals surface area contributed by atoms with Crippen LogP contribution in [-0.4, -0.2) is 47.4 Å². The van der Waals surface area contributed by atoms with Gasteiger partial charge in [0.2, 0.25) is 5.91 Å². The highest BCUT2D eigenvalue weighted by Crippen LogP contribution is 2.19. The van der Waals surface area contributed by atoms with Crippen molar-refractivity contribution in [2.45, 2.75) is 18.9 Å². The Morgan fingerprint density at radius 1 is 1.13 bits per heavy atom. The second-order valence-electron chi connectivity index (χ2n) is 7.12. The predicted molar refractivity (Wildman–Crippen MR) is 112 cm³/mol. The lowest BCUT2D eigenvalue weighted by atomic mass is 10.1. The molecule has 1 aliphatic heterocycles. The lowest BCUT2D eigenvalue weighted by Crippen LogP contribution is -2.34. The van der Waals surface area contributed by atoms with Crippen molar-refractivity contribution in [3.8, 4) is 5.75 Å². The molecule has 0 unspecified atom stereocenters. The van der Waals surface area contributed by atoms with Crippen LogP contribution < -0.4 is 15.4 Å². The smallest absolute Gasteiger partial charge is 0.324 e. The Morgan fingerprint density at radius 2 is 1.93 bits per heavy atom. The quantitative estimate of drug-likeness (QED) is 0.525. The third-order valence-corrected chi connectivity index (χ3v) is 5.12. The zero-order chi connectivity index (χ0) is 21.1. The fraction of sp³-hybridized carbons (Fsp3) is 0.227. The van der Waals surface area contributed by atoms with Gasteiger partial charge in [0, 0.05) is 23.9 Å². The highest BCUT2D eigenvalue weighted by atomic mass is 16.5. The molecule has 2 aromatic carbocycles. The number of hydrogen-bond acceptors (Lipinski definition) is 4. The molecule has 1 aliphatic rings. The fourth-order valence-corrected chi connectivity index (χ4v) is 3.48. The molecule has 3 N–H and O–H groups in total. The van der Waals surface area contributed by atoms with Crippen molar-refractivity contribution in [3.05, 3.63) is 60.3 Å². The van der Waals surface area contributed by atoms with Gasteiger partial charge in [-0.15, -0.1) is 0 Å². The maximum atomic E-state index is 12.6. The summed E-state index contributed by atoms with van der Waals surface area (Å²) in [6.45, 7) is 0.249. The average Bonchev–Trinajstić information content (AvgIpc) is 3.31. The Kier molecular flexibility index (Phi) is 5.38. The van der Waals surface area contributed by atoms with Crippen molar-refractivity contribution < 1.29 is 19.1 Å². The van der Waals surface area contributed by atoms with E-state index in [1.165, 1.54) is 0 Å². The number of nitrogens with one attached hydrogen (secondary N) is 3. The molecule has 8 nitrogen and oxygen atoms in total. The summed E-state index contributed by atoms with van der Waals surface area (Å²) >= 11 is 0. The maximum Gasteiger partial charge on any atom is 0.324 e. The standard InChI is InChI=1S/C22H22N4O4/c1-30-17-6-2-14(3-7-17)9-11-26-21(28)19(25-22(26)29)13-20(27)24-16-5-4-15-8-10-23-18(15)12-16/h2-8,10,12,19,23H,9,11,13H2,1H3,(H,24,27)(H,25,29)/t19-/m0/s1. The minimum Gasteiger partial charge on any atom is -0.497 e. The van der Waals surface area contributed by atoms with Gasteiger partial charge in [0.15, 0.2) is 0 Å². The monoisotopic (exact) mass is 406 g/mol. The average molecular weight is 406 g/mol. The van der Waals surface area contributed by atoms with E-state index in [1.807, 2.05) is 48.7 Å². The van der Waals surface area contributed by atoms with Crippen LogP contribution in [-0.2, 0) is 16.0 Å². The Morgan fingerprint density at radius 3 is 2.70 bits per heavy atom. The second-order valence-corrected chi connectivity index (χ2v) is 7.12. The van der Waals surface area contributed by atoms with Crippen molar-refractivity contribution >= 4 is 34.4 Å². The Labute approximate surface area is 173 Å². The SMILES string of the molecule is COc1ccc(CCN2C(=O)N[C@@H](CC(=O)Nc3ccc4cc[nH]c4c3)C2=O)cc1. The number of urea groups is 1. The molecule has 30 heavy (non-hydrogen) atoms. The fourth-order valence-electron chi connectivity index (χ4n) is 3.48. The summed E-state index contributed by atoms with van der Waals surface area (Å²) in [7, 11) is 1.59. The number of ether oxygens (including phenoxy) is 1. The first-order valence-electron chi connectivity index (χ1n) is 9.65. The number of anilines is 1. The van der Waals surface area contributed by atoms with E-state index in [0.29, 0.717) is 12.1 Å². The van der Waals surface area contributed by atoms with Crippen LogP contribution in [0.2, 0.25) is 0 Å². The van der Waals surface area contributed by atoms with E-state index in [4.69, 9.17) is 4.74 Å². The van der Waals surface area contributed by atoms with Crippen molar-refractivity contribution in [1.82, 2.24) is 15.2 Å². The van der Waals surface area contributed by atoms with Gasteiger partial charge < -0.3 is 20.4 Å². The first kappa shape index (κ1) is 19.5. The number of methoxy groups -OCH3 is 1. The molecule has 8 heteroatoms. The van der Waals surface area contributed by atoms with Crippen LogP contribution in [0.3, 0.4) is 0 Å². The van der Waals surface area contributed by atoms with Crippen LogP contribution in [0.15, 0.2) is 54.7 Å². The van der Waals surface area contributed by atoms with Gasteiger partial charge in [-0.25, -0.2) is 4.79 Å². The highest BCUT2D eigenvalue weighted by Gasteiger charge is 2.38. The number of hydrogen-bond donors (Lipinski definition) is 3. The summed E-state index contributed by atoms with van der Waals surface area (Å²) < 4.78 is 5.12. The molecule has 1 atom stereocenters. The van der Waals surface area contributed by atoms with E-state index in [-0.39, 0.29) is 24.8 Å². The Hall–Kier alpha value is -3.81. The van der Waals surface area contributed by atoms with Gasteiger partial charge in [-0.2, -0.15) is 0 Å². The van der Waals surface area contributed by atoms with E-state index >= 15 is 0 Å². The maximum absolute atomic E-state index is 12.6. The highest BCUT2D eigenvalue weighted by molar-refractivity contribution is 6.07. The van der Waals surface area contributed by atoms with Gasteiger partial charge in [-0.3, -0.25) is 14.5 Å². The largest absolute Gasteiger partial charge is 0.497 e. The topological polar surface area (TPSA) is 104 Å². The van der Waals surface area contributed by atoms with Crippen molar-refractivity contribution in [2.24, 2.45) is 0 Å². The van der Waals surface area contributed by atoms with Gasteiger partial charge in [-0.1, -0.05) is 18.2 Å². The van der Waals surface area contributed by atoms with Crippen LogP contribution in [0.1, 0.15) is 12.0 Å². The molecule has 2 heterocycles. The number of carbonyl (C=O) groups excluding carboxylic acids is 3. The molecule has 1 fully saturated rings. The molecule has 0 bridgehead atoms. The molecule has 4 rings (SSSR count). The molecule has 0 saturated carbocycles. The van der Waals surface area contributed by atoms with Crippen molar-refractivity contribution in [1.29, 1.82) is 0 Å². The van der Waals surface area contributed by atoms with Crippen LogP contribution in [0, 0.1) is 0 Å². The zero-order valence-electron chi connectivity index (χ0n) is 16.5. The summed E-state index contributed by atoms with van der Waals surface area (Å²) in [5, 5.41) is 6.42. The van der Waals surface area contributed by atoms with Crippen molar-refractivity contribution in [3.63, 3.8) is 0 Å². The number of aromatic amines is 1. The first-order valence-corrected chi connectivity index (χ1v) is 9.65. The lowest BCUT2D eigenvalue weighted by molar-refractivity contribution is -0.129. The molecule has 4 amide bonds. The number of benzene rings is 2. The summed E-state index contributed by atoms with van der Waals surface area (Å²) in [5.74, 6) is 0.0234. The number of nitrogens with zero attached hydrogens (tertiary/aromatic N) is 1. The molecule has 0 spiro atoms. The normalized spacial score (nSPS) is 16.0. The summed E-state index contributed by atoms with van der Waals surface area (Å²) in [5.41, 5.74) is 2.52. The number of rotatable bonds is 7. The van der Waals surface area contributed by atoms with Crippen LogP contribution in [0.25, 0.3) is 10.9 Å². The van der Waals surface area contributed by atoms with Gasteiger partial charge in [-0.05, 0) is 47.7 Å². The van der Waals surface area contributed by atoms with Gasteiger partial charge in [0.1, 0.15) is 11.8 Å². The van der Waals surface area contributed by atoms with E-state index in [0.717, 1.165) is 27.1 Å². The van der Waals surface area contributed by atoms with E-state index in [2.05, 4.69) is 15.6 Å². The first-order chi connectivity index (χ1) is 14.5. The third kappa shape index (κ3) is 4.12. The molecular weight excluding hydrogens is 384 g/mol. The minimum absolute atomic E-state index is 0.119. The number of carbonyl (C=O) groups is 3. The molecule has 3 aromatic rings. The van der Waals surface area contributed by atoms with E-state index < -0.39 is 12.1 Å². The van der Waals surface area contributed by atoms with E-state index in [1.54, 1.807) is 13.2 Å². The van der Waals surface area contributed by atoms with Crippen molar-refractivity contribution in [2.75, 3.05) is 19.0 Å². The van der Waals surface area contributed by atoms with Crippen LogP contribution in [0.4, 0.5) is 10.5 Å². The summed E-state index contributed by atoms with van der Waals surface area (Å²) in [4.78, 5) is 41.4. The minimum atomic E-state index is -0.859. The molecule has 0 radical (unpaired) electrons. The third-order valence-electron chi connectivity index (χ3n) is 5.12. The van der Waals surface area contributed by atoms with E-state index in [9.17, 15) is 14.4 Å². The molecule has 0 aliphatic carbocycles. The summed E-state index contributed by atoms with van der Waals surface area (Å²) in [6.07, 6.45) is 2.23. The number of imide groups is 1. The zero-order valence-corrected chi connectivity index (χ0v) is 16.5. The van der Waals surface area contributed by atoms with Gasteiger partial charge in [0.25, 0.3) is 5.91 Å². The lowest BCUT2D eigenvalue weighted by Gasteiger charge is -2.13. The Balaban J connectivity index is 1.32. The van der Waals surface area contributed by atoms with Gasteiger partial charge >= 0.3 is 6.03 Å². The number of H-pyrrole nitrogens is 1. The number of amides is 4. The number of aromatic nitrogens is 1. The van der Waals surface area contributed by atoms with Crippen LogP contribution in [0.5, 0.6) is 5.75 Å². The number of fused-ring (bicyclic) bond motifs is 1. The summed E-state index contributed by atoms with van der Waals surface area (Å²) in [6, 6.07) is 13.6. The second kappa shape index (κ2) is 8.28. The predicted octanol–water partition coefficient (Wildman–Crippen LogP) is 2.67. The molecule has 1 saturated heterocycles. The Bertz CT molecular complexity index is 1090. The van der Waals surface area contributed by atoms with Crippen LogP contribution >= 0.6 is 0 Å². The molecule has 1 aromatic heterocycles. The molecule has 154 valence electrons. The van der Waals surface area contributed by atoms with Gasteiger partial charge in [0.05, 0.1) is 13.5 Å².